The van der Waals surface area contributed by atoms with Crippen LogP contribution in [0.25, 0.3) is 11.1 Å². The molecule has 1 N–H and O–H groups in total. The van der Waals surface area contributed by atoms with Gasteiger partial charge in [0, 0.05) is 23.8 Å². The van der Waals surface area contributed by atoms with Crippen LogP contribution in [0, 0.1) is 19.8 Å². The van der Waals surface area contributed by atoms with E-state index in [0.717, 1.165) is 12.2 Å². The van der Waals surface area contributed by atoms with Crippen molar-refractivity contribution in [2.24, 2.45) is 5.92 Å². The van der Waals surface area contributed by atoms with Crippen LogP contribution in [0.3, 0.4) is 0 Å². The lowest BCUT2D eigenvalue weighted by atomic mass is 9.98. The van der Waals surface area contributed by atoms with Crippen LogP contribution in [0.2, 0.25) is 0 Å². The Morgan fingerprint density at radius 1 is 1.32 bits per heavy atom. The molecule has 3 nitrogen and oxygen atoms in total. The Hall–Kier alpha value is -1.61. The van der Waals surface area contributed by atoms with Gasteiger partial charge in [-0.2, -0.15) is 5.10 Å². The summed E-state index contributed by atoms with van der Waals surface area (Å²) in [6.07, 6.45) is 2.39. The zero-order valence-electron chi connectivity index (χ0n) is 14.4. The van der Waals surface area contributed by atoms with Gasteiger partial charge in [0.2, 0.25) is 0 Å². The fraction of sp³-hybridized carbons (Fsp3) is 0.526. The van der Waals surface area contributed by atoms with E-state index in [9.17, 15) is 0 Å². The van der Waals surface area contributed by atoms with E-state index in [1.54, 1.807) is 0 Å². The average Bonchev–Trinajstić information content (AvgIpc) is 2.99. The van der Waals surface area contributed by atoms with Gasteiger partial charge in [-0.05, 0) is 62.4 Å². The number of nitrogens with zero attached hydrogens (tertiary/aromatic N) is 2. The summed E-state index contributed by atoms with van der Waals surface area (Å²) in [6.45, 7) is 9.78. The Kier molecular flexibility index (Phi) is 4.09. The summed E-state index contributed by atoms with van der Waals surface area (Å²) in [7, 11) is 2.06. The van der Waals surface area contributed by atoms with E-state index in [4.69, 9.17) is 5.10 Å². The molecule has 1 unspecified atom stereocenters. The summed E-state index contributed by atoms with van der Waals surface area (Å²) in [4.78, 5) is 0. The fourth-order valence-electron chi connectivity index (χ4n) is 3.70. The monoisotopic (exact) mass is 297 g/mol. The van der Waals surface area contributed by atoms with Crippen molar-refractivity contribution in [1.29, 1.82) is 0 Å². The predicted octanol–water partition coefficient (Wildman–Crippen LogP) is 4.03. The third kappa shape index (κ3) is 2.58. The SMILES string of the molecule is CNC1CCc2ccc(-c3c(C)nn(CC(C)C)c3C)cc21. The number of hydrogen-bond acceptors (Lipinski definition) is 2. The lowest BCUT2D eigenvalue weighted by Gasteiger charge is -2.12. The summed E-state index contributed by atoms with van der Waals surface area (Å²) in [5, 5.41) is 8.20. The molecule has 118 valence electrons. The first-order valence-electron chi connectivity index (χ1n) is 8.35. The molecule has 0 fully saturated rings. The minimum atomic E-state index is 0.501. The quantitative estimate of drug-likeness (QED) is 0.923. The Balaban J connectivity index is 2.03. The number of fused-ring (bicyclic) bond motifs is 1. The highest BCUT2D eigenvalue weighted by Crippen LogP contribution is 2.36. The maximum atomic E-state index is 4.76. The summed E-state index contributed by atoms with van der Waals surface area (Å²) in [5.74, 6) is 0.611. The largest absolute Gasteiger partial charge is 0.313 e. The average molecular weight is 297 g/mol. The van der Waals surface area contributed by atoms with Crippen molar-refractivity contribution in [1.82, 2.24) is 15.1 Å². The summed E-state index contributed by atoms with van der Waals surface area (Å²) in [6, 6.07) is 7.45. The molecular weight excluding hydrogens is 270 g/mol. The molecule has 2 aromatic rings. The number of benzene rings is 1. The molecule has 3 rings (SSSR count). The van der Waals surface area contributed by atoms with Gasteiger partial charge in [-0.3, -0.25) is 4.68 Å². The number of aryl methyl sites for hydroxylation is 2. The third-order valence-electron chi connectivity index (χ3n) is 4.78. The Bertz CT molecular complexity index is 682. The zero-order chi connectivity index (χ0) is 15.9. The van der Waals surface area contributed by atoms with E-state index >= 15 is 0 Å². The first-order chi connectivity index (χ1) is 10.5. The van der Waals surface area contributed by atoms with Gasteiger partial charge in [-0.25, -0.2) is 0 Å². The number of aromatic nitrogens is 2. The molecule has 0 saturated carbocycles. The van der Waals surface area contributed by atoms with Crippen molar-refractivity contribution >= 4 is 0 Å². The second-order valence-electron chi connectivity index (χ2n) is 6.92. The van der Waals surface area contributed by atoms with Gasteiger partial charge in [0.1, 0.15) is 0 Å². The molecule has 0 amide bonds. The van der Waals surface area contributed by atoms with Crippen LogP contribution >= 0.6 is 0 Å². The highest BCUT2D eigenvalue weighted by molar-refractivity contribution is 5.70. The van der Waals surface area contributed by atoms with E-state index in [-0.39, 0.29) is 0 Å². The third-order valence-corrected chi connectivity index (χ3v) is 4.78. The molecule has 1 aromatic heterocycles. The highest BCUT2D eigenvalue weighted by Gasteiger charge is 2.22. The van der Waals surface area contributed by atoms with Gasteiger partial charge in [-0.15, -0.1) is 0 Å². The molecule has 1 aromatic carbocycles. The molecule has 1 aliphatic rings. The van der Waals surface area contributed by atoms with Crippen LogP contribution < -0.4 is 5.32 Å². The Morgan fingerprint density at radius 3 is 2.77 bits per heavy atom. The first-order valence-corrected chi connectivity index (χ1v) is 8.35. The van der Waals surface area contributed by atoms with Gasteiger partial charge >= 0.3 is 0 Å². The van der Waals surface area contributed by atoms with Gasteiger partial charge in [-0.1, -0.05) is 26.0 Å². The van der Waals surface area contributed by atoms with Gasteiger partial charge in [0.25, 0.3) is 0 Å². The van der Waals surface area contributed by atoms with Crippen LogP contribution in [-0.4, -0.2) is 16.8 Å². The normalized spacial score (nSPS) is 17.3. The second-order valence-corrected chi connectivity index (χ2v) is 6.92. The molecule has 0 spiro atoms. The van der Waals surface area contributed by atoms with Gasteiger partial charge < -0.3 is 5.32 Å². The van der Waals surface area contributed by atoms with Crippen molar-refractivity contribution < 1.29 is 0 Å². The van der Waals surface area contributed by atoms with Gasteiger partial charge in [0.15, 0.2) is 0 Å². The van der Waals surface area contributed by atoms with E-state index in [1.165, 1.54) is 40.8 Å². The van der Waals surface area contributed by atoms with Crippen molar-refractivity contribution in [3.05, 3.63) is 40.7 Å². The molecule has 0 radical (unpaired) electrons. The molecule has 0 bridgehead atoms. The molecule has 22 heavy (non-hydrogen) atoms. The summed E-state index contributed by atoms with van der Waals surface area (Å²) >= 11 is 0. The maximum absolute atomic E-state index is 4.76. The minimum absolute atomic E-state index is 0.501. The van der Waals surface area contributed by atoms with E-state index in [0.29, 0.717) is 12.0 Å². The van der Waals surface area contributed by atoms with Crippen LogP contribution in [-0.2, 0) is 13.0 Å². The molecular formula is C19H27N3. The lowest BCUT2D eigenvalue weighted by Crippen LogP contribution is -2.12. The summed E-state index contributed by atoms with van der Waals surface area (Å²) < 4.78 is 2.16. The van der Waals surface area contributed by atoms with Crippen LogP contribution in [0.5, 0.6) is 0 Å². The number of rotatable bonds is 4. The predicted molar refractivity (Wildman–Crippen MR) is 92.1 cm³/mol. The highest BCUT2D eigenvalue weighted by atomic mass is 15.3. The molecule has 1 atom stereocenters. The van der Waals surface area contributed by atoms with Crippen LogP contribution in [0.4, 0.5) is 0 Å². The van der Waals surface area contributed by atoms with Crippen LogP contribution in [0.1, 0.15) is 48.8 Å². The van der Waals surface area contributed by atoms with E-state index in [1.807, 2.05) is 0 Å². The Morgan fingerprint density at radius 2 is 2.09 bits per heavy atom. The maximum Gasteiger partial charge on any atom is 0.0674 e. The van der Waals surface area contributed by atoms with Crippen LogP contribution in [0.15, 0.2) is 18.2 Å². The van der Waals surface area contributed by atoms with E-state index in [2.05, 4.69) is 62.9 Å². The smallest absolute Gasteiger partial charge is 0.0674 e. The molecule has 0 saturated heterocycles. The Labute approximate surface area is 133 Å². The molecule has 3 heteroatoms. The van der Waals surface area contributed by atoms with Crippen molar-refractivity contribution in [3.8, 4) is 11.1 Å². The van der Waals surface area contributed by atoms with Crippen molar-refractivity contribution in [2.75, 3.05) is 7.05 Å². The summed E-state index contributed by atoms with van der Waals surface area (Å²) in [5.41, 5.74) is 8.00. The van der Waals surface area contributed by atoms with E-state index < -0.39 is 0 Å². The van der Waals surface area contributed by atoms with Crippen molar-refractivity contribution in [2.45, 2.75) is 53.1 Å². The van der Waals surface area contributed by atoms with Crippen molar-refractivity contribution in [3.63, 3.8) is 0 Å². The standard InChI is InChI=1S/C19H27N3/c1-12(2)11-22-14(4)19(13(3)21-22)16-7-6-15-8-9-18(20-5)17(15)10-16/h6-7,10,12,18,20H,8-9,11H2,1-5H3. The first kappa shape index (κ1) is 15.3. The van der Waals surface area contributed by atoms with Gasteiger partial charge in [0.05, 0.1) is 5.69 Å². The lowest BCUT2D eigenvalue weighted by molar-refractivity contribution is 0.473. The number of hydrogen-bond donors (Lipinski definition) is 1. The zero-order valence-corrected chi connectivity index (χ0v) is 14.4. The minimum Gasteiger partial charge on any atom is -0.313 e. The molecule has 0 aliphatic heterocycles. The topological polar surface area (TPSA) is 29.9 Å². The molecule has 1 aliphatic carbocycles. The molecule has 1 heterocycles. The fourth-order valence-corrected chi connectivity index (χ4v) is 3.70. The second kappa shape index (κ2) is 5.88. The number of nitrogens with one attached hydrogen (secondary N) is 1.